The van der Waals surface area contributed by atoms with Crippen LogP contribution >= 0.6 is 0 Å². The second-order valence-electron chi connectivity index (χ2n) is 6.91. The Morgan fingerprint density at radius 2 is 2.18 bits per heavy atom. The highest BCUT2D eigenvalue weighted by atomic mass is 16.6. The molecule has 0 aromatic carbocycles. The van der Waals surface area contributed by atoms with Crippen molar-refractivity contribution in [3.05, 3.63) is 57.4 Å². The van der Waals surface area contributed by atoms with Gasteiger partial charge in [0.1, 0.15) is 5.65 Å². The Hall–Kier alpha value is -3.69. The van der Waals surface area contributed by atoms with Gasteiger partial charge in [0.15, 0.2) is 0 Å². The zero-order valence-corrected chi connectivity index (χ0v) is 14.8. The number of imidazole rings is 1. The van der Waals surface area contributed by atoms with E-state index in [-0.39, 0.29) is 17.4 Å². The normalized spacial score (nSPS) is 17.4. The van der Waals surface area contributed by atoms with Crippen LogP contribution in [-0.4, -0.2) is 42.5 Å². The Kier molecular flexibility index (Phi) is 3.64. The molecule has 0 saturated carbocycles. The number of anilines is 1. The molecule has 1 saturated heterocycles. The molecule has 1 aliphatic heterocycles. The molecular weight excluding hydrogens is 362 g/mol. The van der Waals surface area contributed by atoms with Gasteiger partial charge in [-0.3, -0.25) is 14.7 Å². The van der Waals surface area contributed by atoms with Crippen molar-refractivity contribution < 1.29 is 4.92 Å². The number of pyridine rings is 2. The average molecular weight is 379 g/mol. The molecule has 1 fully saturated rings. The van der Waals surface area contributed by atoms with E-state index in [2.05, 4.69) is 19.9 Å². The maximum atomic E-state index is 12.7. The van der Waals surface area contributed by atoms with Crippen molar-refractivity contribution in [1.29, 1.82) is 0 Å². The number of nitrogens with zero attached hydrogens (tertiary/aromatic N) is 5. The number of piperidine rings is 1. The molecular formula is C18H17N7O3. The van der Waals surface area contributed by atoms with Gasteiger partial charge in [0.25, 0.3) is 0 Å². The van der Waals surface area contributed by atoms with E-state index in [0.717, 1.165) is 23.7 Å². The third-order valence-corrected chi connectivity index (χ3v) is 5.28. The molecule has 5 rings (SSSR count). The zero-order valence-electron chi connectivity index (χ0n) is 14.8. The van der Waals surface area contributed by atoms with E-state index in [9.17, 15) is 14.9 Å². The number of fused-ring (bicyclic) bond motifs is 3. The molecule has 0 aliphatic carbocycles. The number of nitro groups is 1. The van der Waals surface area contributed by atoms with E-state index in [1.807, 2.05) is 11.0 Å². The number of aromatic nitrogens is 5. The molecule has 28 heavy (non-hydrogen) atoms. The van der Waals surface area contributed by atoms with E-state index in [0.29, 0.717) is 30.1 Å². The number of H-pyrrole nitrogens is 2. The standard InChI is InChI=1S/C18H17N7O3/c26-18-22-13-9-21-16-12(5-7-19-16)15(13)24(18)11-3-2-8-23(10-11)17-14(25(27)28)4-1-6-20-17/h1,4-7,9,11H,2-3,8,10H2,(H,19,21)(H,22,26)/t11-/m1/s1. The van der Waals surface area contributed by atoms with E-state index >= 15 is 0 Å². The molecule has 0 spiro atoms. The van der Waals surface area contributed by atoms with Crippen LogP contribution in [0.1, 0.15) is 18.9 Å². The molecule has 0 bridgehead atoms. The topological polar surface area (TPSA) is 126 Å². The lowest BCUT2D eigenvalue weighted by molar-refractivity contribution is -0.384. The van der Waals surface area contributed by atoms with Crippen LogP contribution in [0.2, 0.25) is 0 Å². The van der Waals surface area contributed by atoms with Crippen LogP contribution < -0.4 is 10.6 Å². The minimum Gasteiger partial charge on any atom is -0.349 e. The van der Waals surface area contributed by atoms with Crippen LogP contribution in [0.5, 0.6) is 0 Å². The summed E-state index contributed by atoms with van der Waals surface area (Å²) in [6, 6.07) is 4.79. The molecule has 0 amide bonds. The first-order valence-electron chi connectivity index (χ1n) is 9.04. The molecule has 142 valence electrons. The number of hydrogen-bond donors (Lipinski definition) is 2. The summed E-state index contributed by atoms with van der Waals surface area (Å²) >= 11 is 0. The first-order chi connectivity index (χ1) is 13.6. The summed E-state index contributed by atoms with van der Waals surface area (Å²) in [5.41, 5.74) is 1.98. The molecule has 5 heterocycles. The summed E-state index contributed by atoms with van der Waals surface area (Å²) in [6.45, 7) is 1.13. The maximum Gasteiger partial charge on any atom is 0.326 e. The van der Waals surface area contributed by atoms with Gasteiger partial charge in [-0.15, -0.1) is 0 Å². The monoisotopic (exact) mass is 379 g/mol. The SMILES string of the molecule is O=c1[nH]c2cnc3[nH]ccc3c2n1[C@@H]1CCCN(c2ncccc2[N+](=O)[O-])C1. The molecule has 0 radical (unpaired) electrons. The summed E-state index contributed by atoms with van der Waals surface area (Å²) < 4.78 is 1.76. The minimum absolute atomic E-state index is 0.0216. The van der Waals surface area contributed by atoms with Crippen LogP contribution in [-0.2, 0) is 0 Å². The van der Waals surface area contributed by atoms with Gasteiger partial charge in [-0.25, -0.2) is 14.8 Å². The quantitative estimate of drug-likeness (QED) is 0.416. The average Bonchev–Trinajstić information content (AvgIpc) is 3.31. The number of rotatable bonds is 3. The predicted octanol–water partition coefficient (Wildman–Crippen LogP) is 2.35. The first kappa shape index (κ1) is 16.5. The smallest absolute Gasteiger partial charge is 0.326 e. The van der Waals surface area contributed by atoms with E-state index < -0.39 is 4.92 Å². The highest BCUT2D eigenvalue weighted by Crippen LogP contribution is 2.32. The number of aromatic amines is 2. The highest BCUT2D eigenvalue weighted by Gasteiger charge is 2.29. The van der Waals surface area contributed by atoms with Gasteiger partial charge in [-0.05, 0) is 25.0 Å². The van der Waals surface area contributed by atoms with Crippen LogP contribution in [0.25, 0.3) is 22.1 Å². The molecule has 10 heteroatoms. The Labute approximate surface area is 158 Å². The third-order valence-electron chi connectivity index (χ3n) is 5.28. The maximum absolute atomic E-state index is 12.7. The zero-order chi connectivity index (χ0) is 19.3. The summed E-state index contributed by atoms with van der Waals surface area (Å²) in [4.78, 5) is 40.1. The van der Waals surface area contributed by atoms with Gasteiger partial charge < -0.3 is 14.9 Å². The van der Waals surface area contributed by atoms with Crippen molar-refractivity contribution in [3.8, 4) is 0 Å². The Bertz CT molecular complexity index is 1260. The highest BCUT2D eigenvalue weighted by molar-refractivity contribution is 6.00. The molecule has 1 aliphatic rings. The summed E-state index contributed by atoms with van der Waals surface area (Å²) in [5.74, 6) is 0.346. The molecule has 2 N–H and O–H groups in total. The van der Waals surface area contributed by atoms with Crippen molar-refractivity contribution in [2.75, 3.05) is 18.0 Å². The van der Waals surface area contributed by atoms with Crippen molar-refractivity contribution in [1.82, 2.24) is 24.5 Å². The van der Waals surface area contributed by atoms with Gasteiger partial charge in [-0.2, -0.15) is 0 Å². The fourth-order valence-electron chi connectivity index (χ4n) is 4.10. The van der Waals surface area contributed by atoms with Crippen molar-refractivity contribution >= 4 is 33.6 Å². The van der Waals surface area contributed by atoms with E-state index in [1.54, 1.807) is 29.2 Å². The van der Waals surface area contributed by atoms with E-state index in [1.165, 1.54) is 6.07 Å². The van der Waals surface area contributed by atoms with Crippen LogP contribution in [0, 0.1) is 10.1 Å². The van der Waals surface area contributed by atoms with Crippen LogP contribution in [0.3, 0.4) is 0 Å². The molecule has 1 atom stereocenters. The van der Waals surface area contributed by atoms with Crippen molar-refractivity contribution in [2.45, 2.75) is 18.9 Å². The summed E-state index contributed by atoms with van der Waals surface area (Å²) in [5, 5.41) is 12.3. The Morgan fingerprint density at radius 1 is 1.29 bits per heavy atom. The van der Waals surface area contributed by atoms with Gasteiger partial charge in [-0.1, -0.05) is 0 Å². The molecule has 4 aromatic rings. The summed E-state index contributed by atoms with van der Waals surface area (Å²) in [6.07, 6.45) is 6.61. The van der Waals surface area contributed by atoms with Crippen LogP contribution in [0.15, 0.2) is 41.6 Å². The summed E-state index contributed by atoms with van der Waals surface area (Å²) in [7, 11) is 0. The fraction of sp³-hybridized carbons (Fsp3) is 0.278. The van der Waals surface area contributed by atoms with Gasteiger partial charge >= 0.3 is 11.4 Å². The van der Waals surface area contributed by atoms with Crippen molar-refractivity contribution in [3.63, 3.8) is 0 Å². The predicted molar refractivity (Wildman–Crippen MR) is 104 cm³/mol. The Morgan fingerprint density at radius 3 is 3.04 bits per heavy atom. The lowest BCUT2D eigenvalue weighted by atomic mass is 10.0. The van der Waals surface area contributed by atoms with Gasteiger partial charge in [0.2, 0.25) is 5.82 Å². The first-order valence-corrected chi connectivity index (χ1v) is 9.04. The lowest BCUT2D eigenvalue weighted by Gasteiger charge is -2.33. The second kappa shape index (κ2) is 6.19. The number of nitrogens with one attached hydrogen (secondary N) is 2. The number of hydrogen-bond acceptors (Lipinski definition) is 6. The lowest BCUT2D eigenvalue weighted by Crippen LogP contribution is -2.40. The molecule has 10 nitrogen and oxygen atoms in total. The van der Waals surface area contributed by atoms with E-state index in [4.69, 9.17) is 0 Å². The van der Waals surface area contributed by atoms with Gasteiger partial charge in [0.05, 0.1) is 28.2 Å². The fourth-order valence-corrected chi connectivity index (χ4v) is 4.10. The molecule has 4 aromatic heterocycles. The molecule has 0 unspecified atom stereocenters. The Balaban J connectivity index is 1.60. The van der Waals surface area contributed by atoms with Crippen LogP contribution in [0.4, 0.5) is 11.5 Å². The minimum atomic E-state index is -0.418. The van der Waals surface area contributed by atoms with Crippen molar-refractivity contribution in [2.24, 2.45) is 0 Å². The van der Waals surface area contributed by atoms with Gasteiger partial charge in [0, 0.05) is 36.9 Å². The second-order valence-corrected chi connectivity index (χ2v) is 6.91. The third kappa shape index (κ3) is 2.45. The largest absolute Gasteiger partial charge is 0.349 e.